The molecule has 1 N–H and O–H groups in total. The molecule has 1 aliphatic heterocycles. The van der Waals surface area contributed by atoms with Gasteiger partial charge in [-0.1, -0.05) is 6.92 Å². The van der Waals surface area contributed by atoms with Gasteiger partial charge >= 0.3 is 6.09 Å². The lowest BCUT2D eigenvalue weighted by molar-refractivity contribution is -0.138. The van der Waals surface area contributed by atoms with E-state index in [4.69, 9.17) is 4.74 Å². The molecule has 10 nitrogen and oxygen atoms in total. The van der Waals surface area contributed by atoms with E-state index in [-0.39, 0.29) is 18.7 Å². The van der Waals surface area contributed by atoms with Gasteiger partial charge in [-0.3, -0.25) is 14.7 Å². The van der Waals surface area contributed by atoms with Crippen molar-refractivity contribution in [3.05, 3.63) is 48.2 Å². The van der Waals surface area contributed by atoms with Crippen LogP contribution in [0.5, 0.6) is 0 Å². The number of anilines is 1. The van der Waals surface area contributed by atoms with Gasteiger partial charge in [0.05, 0.1) is 53.6 Å². The Morgan fingerprint density at radius 3 is 2.71 bits per heavy atom. The van der Waals surface area contributed by atoms with Gasteiger partial charge in [-0.2, -0.15) is 5.26 Å². The zero-order chi connectivity index (χ0) is 25.0. The number of nitrogens with zero attached hydrogens (tertiary/aromatic N) is 6. The number of nitriles is 1. The molecule has 1 aliphatic carbocycles. The molecule has 2 aliphatic rings. The fourth-order valence-corrected chi connectivity index (χ4v) is 5.11. The molecule has 0 radical (unpaired) electrons. The Labute approximate surface area is 202 Å². The highest BCUT2D eigenvalue weighted by molar-refractivity contribution is 5.91. The number of rotatable bonds is 4. The average molecular weight is 475 g/mol. The van der Waals surface area contributed by atoms with Crippen molar-refractivity contribution in [2.75, 3.05) is 11.4 Å². The number of imidazole rings is 1. The maximum Gasteiger partial charge on any atom is 0.416 e. The molecule has 35 heavy (non-hydrogen) atoms. The number of fused-ring (bicyclic) bond motifs is 1. The smallest absolute Gasteiger partial charge is 0.416 e. The second-order valence-electron chi connectivity index (χ2n) is 10.3. The van der Waals surface area contributed by atoms with Gasteiger partial charge in [-0.15, -0.1) is 0 Å². The van der Waals surface area contributed by atoms with E-state index in [0.717, 1.165) is 11.0 Å². The molecule has 1 saturated carbocycles. The van der Waals surface area contributed by atoms with E-state index in [9.17, 15) is 20.0 Å². The first-order valence-corrected chi connectivity index (χ1v) is 11.5. The minimum absolute atomic E-state index is 0.102. The van der Waals surface area contributed by atoms with Crippen LogP contribution in [0.1, 0.15) is 51.3 Å². The lowest BCUT2D eigenvalue weighted by atomic mass is 9.67. The number of aromatic nitrogens is 4. The molecule has 2 aromatic heterocycles. The number of hydrogen-bond acceptors (Lipinski definition) is 8. The maximum atomic E-state index is 13.1. The number of ketones is 1. The van der Waals surface area contributed by atoms with Crippen molar-refractivity contribution >= 4 is 28.7 Å². The fraction of sp³-hybridized carbons (Fsp3) is 0.440. The number of hydrogen-bond donors (Lipinski definition) is 1. The Hall–Kier alpha value is -3.84. The molecule has 0 unspecified atom stereocenters. The summed E-state index contributed by atoms with van der Waals surface area (Å²) >= 11 is 0. The number of aliphatic hydroxyl groups is 1. The zero-order valence-electron chi connectivity index (χ0n) is 19.9. The summed E-state index contributed by atoms with van der Waals surface area (Å²) in [6.07, 6.45) is 5.12. The van der Waals surface area contributed by atoms with E-state index in [2.05, 4.69) is 21.0 Å². The van der Waals surface area contributed by atoms with Crippen molar-refractivity contribution in [3.63, 3.8) is 0 Å². The van der Waals surface area contributed by atoms with Crippen molar-refractivity contribution < 1.29 is 19.4 Å². The highest BCUT2D eigenvalue weighted by Gasteiger charge is 2.55. The van der Waals surface area contributed by atoms with E-state index in [1.54, 1.807) is 38.4 Å². The molecule has 5 rings (SSSR count). The first-order chi connectivity index (χ1) is 16.5. The Kier molecular flexibility index (Phi) is 5.14. The van der Waals surface area contributed by atoms with Crippen LogP contribution in [0.4, 0.5) is 10.6 Å². The number of carbonyl (C=O) groups excluding carboxylic acids is 2. The lowest BCUT2D eigenvalue weighted by Crippen LogP contribution is -2.49. The predicted molar refractivity (Wildman–Crippen MR) is 125 cm³/mol. The van der Waals surface area contributed by atoms with Crippen LogP contribution in [0.25, 0.3) is 11.0 Å². The van der Waals surface area contributed by atoms with Crippen LogP contribution in [-0.2, 0) is 21.7 Å². The van der Waals surface area contributed by atoms with E-state index in [1.807, 2.05) is 11.5 Å². The Morgan fingerprint density at radius 1 is 1.23 bits per heavy atom. The van der Waals surface area contributed by atoms with E-state index in [0.29, 0.717) is 36.5 Å². The van der Waals surface area contributed by atoms with Gasteiger partial charge in [0.25, 0.3) is 0 Å². The molecule has 0 bridgehead atoms. The molecule has 3 heterocycles. The molecule has 1 amide bonds. The van der Waals surface area contributed by atoms with Gasteiger partial charge in [0.15, 0.2) is 5.82 Å². The summed E-state index contributed by atoms with van der Waals surface area (Å²) in [5, 5.41) is 19.4. The standard InChI is InChI=1S/C25H26N6O4/c1-23(2,34)19-10-28-21(11-27-19)31-14-25(35-22(31)33)7-6-20(32)24(3,12-25)13-30-15-29-17-5-4-16(9-26)8-18(17)30/h4-5,8,10-11,15,34H,6-7,12-14H2,1-3H3/t24-,25-/m1/s1. The molecule has 2 fully saturated rings. The molecule has 1 aromatic carbocycles. The molecule has 3 aromatic rings. The number of carbonyl (C=O) groups is 2. The summed E-state index contributed by atoms with van der Waals surface area (Å²) < 4.78 is 7.78. The minimum atomic E-state index is -1.14. The van der Waals surface area contributed by atoms with Crippen molar-refractivity contribution in [1.29, 1.82) is 5.26 Å². The molecule has 1 saturated heterocycles. The molecule has 10 heteroatoms. The Balaban J connectivity index is 1.40. The van der Waals surface area contributed by atoms with Crippen LogP contribution in [0.3, 0.4) is 0 Å². The molecular formula is C25H26N6O4. The highest BCUT2D eigenvalue weighted by atomic mass is 16.6. The first-order valence-electron chi connectivity index (χ1n) is 11.5. The average Bonchev–Trinajstić information content (AvgIpc) is 3.36. The van der Waals surface area contributed by atoms with E-state index in [1.165, 1.54) is 17.3 Å². The van der Waals surface area contributed by atoms with Gasteiger partial charge in [0.1, 0.15) is 17.0 Å². The SMILES string of the molecule is CC(C)(O)c1cnc(N2C[C@]3(CCC(=O)[C@@](C)(Cn4cnc5ccc(C#N)cc54)C3)OC2=O)cn1. The van der Waals surface area contributed by atoms with Crippen LogP contribution in [0.15, 0.2) is 36.9 Å². The van der Waals surface area contributed by atoms with Gasteiger partial charge in [-0.25, -0.2) is 14.8 Å². The van der Waals surface area contributed by atoms with Crippen molar-refractivity contribution in [2.24, 2.45) is 5.41 Å². The normalized spacial score (nSPS) is 24.7. The number of Topliss-reactive ketones (excluding diaryl/α,β-unsaturated/α-hetero) is 1. The summed E-state index contributed by atoms with van der Waals surface area (Å²) in [7, 11) is 0. The fourth-order valence-electron chi connectivity index (χ4n) is 5.11. The summed E-state index contributed by atoms with van der Waals surface area (Å²) in [5.41, 5.74) is -0.317. The number of amides is 1. The largest absolute Gasteiger partial charge is 0.441 e. The Bertz CT molecular complexity index is 1370. The van der Waals surface area contributed by atoms with Crippen molar-refractivity contribution in [2.45, 2.75) is 57.8 Å². The second kappa shape index (κ2) is 7.85. The predicted octanol–water partition coefficient (Wildman–Crippen LogP) is 3.08. The van der Waals surface area contributed by atoms with Crippen LogP contribution in [-0.4, -0.2) is 48.6 Å². The number of ether oxygens (including phenoxy) is 1. The summed E-state index contributed by atoms with van der Waals surface area (Å²) in [6.45, 7) is 5.73. The summed E-state index contributed by atoms with van der Waals surface area (Å²) in [5.74, 6) is 0.438. The first kappa shape index (κ1) is 22.9. The lowest BCUT2D eigenvalue weighted by Gasteiger charge is -2.41. The monoisotopic (exact) mass is 474 g/mol. The number of benzene rings is 1. The molecule has 180 valence electrons. The maximum absolute atomic E-state index is 13.1. The molecule has 1 spiro atoms. The zero-order valence-corrected chi connectivity index (χ0v) is 19.9. The third-order valence-corrected chi connectivity index (χ3v) is 6.97. The van der Waals surface area contributed by atoms with Gasteiger partial charge in [0.2, 0.25) is 0 Å². The second-order valence-corrected chi connectivity index (χ2v) is 10.3. The van der Waals surface area contributed by atoms with E-state index < -0.39 is 22.7 Å². The Morgan fingerprint density at radius 2 is 2.03 bits per heavy atom. The topological polar surface area (TPSA) is 134 Å². The van der Waals surface area contributed by atoms with Crippen molar-refractivity contribution in [3.8, 4) is 6.07 Å². The van der Waals surface area contributed by atoms with Gasteiger partial charge in [0, 0.05) is 24.8 Å². The highest BCUT2D eigenvalue weighted by Crippen LogP contribution is 2.46. The van der Waals surface area contributed by atoms with Crippen LogP contribution in [0, 0.1) is 16.7 Å². The molecular weight excluding hydrogens is 448 g/mol. The third-order valence-electron chi connectivity index (χ3n) is 6.97. The van der Waals surface area contributed by atoms with Crippen LogP contribution >= 0.6 is 0 Å². The van der Waals surface area contributed by atoms with E-state index >= 15 is 0 Å². The minimum Gasteiger partial charge on any atom is -0.441 e. The van der Waals surface area contributed by atoms with Crippen LogP contribution in [0.2, 0.25) is 0 Å². The third kappa shape index (κ3) is 4.02. The van der Waals surface area contributed by atoms with Crippen LogP contribution < -0.4 is 4.90 Å². The summed E-state index contributed by atoms with van der Waals surface area (Å²) in [6, 6.07) is 7.41. The summed E-state index contributed by atoms with van der Waals surface area (Å²) in [4.78, 5) is 40.4. The van der Waals surface area contributed by atoms with Gasteiger partial charge in [-0.05, 0) is 38.5 Å². The van der Waals surface area contributed by atoms with Crippen molar-refractivity contribution in [1.82, 2.24) is 19.5 Å². The quantitative estimate of drug-likeness (QED) is 0.610. The molecule has 2 atom stereocenters. The van der Waals surface area contributed by atoms with Gasteiger partial charge < -0.3 is 14.4 Å².